The summed E-state index contributed by atoms with van der Waals surface area (Å²) < 4.78 is 5.45. The number of hydrazine groups is 1. The molecule has 0 spiro atoms. The second-order valence-corrected chi connectivity index (χ2v) is 6.03. The molecule has 0 aromatic heterocycles. The van der Waals surface area contributed by atoms with Crippen molar-refractivity contribution in [2.75, 3.05) is 0 Å². The molecular formula is C16H22ClN3O4. The van der Waals surface area contributed by atoms with E-state index in [0.717, 1.165) is 12.5 Å². The molecule has 0 aliphatic carbocycles. The lowest BCUT2D eigenvalue weighted by Gasteiger charge is -2.28. The fraction of sp³-hybridized carbons (Fsp3) is 0.438. The van der Waals surface area contributed by atoms with Crippen LogP contribution in [-0.4, -0.2) is 33.5 Å². The van der Waals surface area contributed by atoms with E-state index < -0.39 is 23.9 Å². The predicted octanol–water partition coefficient (Wildman–Crippen LogP) is 2.44. The lowest BCUT2D eigenvalue weighted by Crippen LogP contribution is -2.53. The maximum absolute atomic E-state index is 12.4. The van der Waals surface area contributed by atoms with Crippen molar-refractivity contribution in [3.63, 3.8) is 0 Å². The second kappa shape index (κ2) is 9.24. The zero-order valence-corrected chi connectivity index (χ0v) is 14.7. The van der Waals surface area contributed by atoms with E-state index in [2.05, 4.69) is 0 Å². The van der Waals surface area contributed by atoms with Crippen LogP contribution in [0.3, 0.4) is 0 Å². The van der Waals surface area contributed by atoms with Gasteiger partial charge in [0.25, 0.3) is 11.8 Å². The van der Waals surface area contributed by atoms with E-state index in [1.54, 1.807) is 24.3 Å². The van der Waals surface area contributed by atoms with Crippen LogP contribution in [0.2, 0.25) is 0 Å². The van der Waals surface area contributed by atoms with Crippen molar-refractivity contribution in [1.82, 2.24) is 9.54 Å². The molecule has 0 unspecified atom stereocenters. The maximum atomic E-state index is 12.4. The summed E-state index contributed by atoms with van der Waals surface area (Å²) in [6.07, 6.45) is -0.725. The number of hydrogen-bond donors (Lipinski definition) is 1. The van der Waals surface area contributed by atoms with Gasteiger partial charge in [-0.3, -0.25) is 9.59 Å². The van der Waals surface area contributed by atoms with Gasteiger partial charge in [-0.05, 0) is 17.9 Å². The summed E-state index contributed by atoms with van der Waals surface area (Å²) in [6, 6.07) is 7.93. The molecule has 1 aromatic rings. The van der Waals surface area contributed by atoms with Crippen LogP contribution in [0.1, 0.15) is 32.8 Å². The highest BCUT2D eigenvalue weighted by molar-refractivity contribution is 6.22. The standard InChI is InChI=1S/C16H22ClN3O4/c1-11(2)9-14(18)15(22)19(20(17)12(3)21)16(23)24-10-13-7-5-4-6-8-13/h4-8,11,14H,9-10,18H2,1-3H3/t14-/m0/s1. The topological polar surface area (TPSA) is 92.9 Å². The Morgan fingerprint density at radius 1 is 1.21 bits per heavy atom. The van der Waals surface area contributed by atoms with Gasteiger partial charge in [0.1, 0.15) is 6.61 Å². The fourth-order valence-corrected chi connectivity index (χ4v) is 2.07. The third-order valence-corrected chi connectivity index (χ3v) is 3.45. The van der Waals surface area contributed by atoms with Crippen LogP contribution in [0.15, 0.2) is 30.3 Å². The van der Waals surface area contributed by atoms with E-state index in [-0.39, 0.29) is 12.5 Å². The summed E-state index contributed by atoms with van der Waals surface area (Å²) in [5.41, 5.74) is 6.54. The highest BCUT2D eigenvalue weighted by Crippen LogP contribution is 2.13. The number of amides is 3. The third kappa shape index (κ3) is 5.82. The molecule has 0 aliphatic rings. The first-order valence-electron chi connectivity index (χ1n) is 7.50. The average Bonchev–Trinajstić information content (AvgIpc) is 2.53. The average molecular weight is 356 g/mol. The number of halogens is 1. The Bertz CT molecular complexity index is 580. The van der Waals surface area contributed by atoms with Gasteiger partial charge in [0.15, 0.2) is 0 Å². The molecule has 0 heterocycles. The molecule has 0 saturated heterocycles. The number of carbonyl (C=O) groups is 3. The van der Waals surface area contributed by atoms with Crippen LogP contribution in [0.4, 0.5) is 4.79 Å². The summed E-state index contributed by atoms with van der Waals surface area (Å²) in [5.74, 6) is -1.38. The Labute approximate surface area is 146 Å². The number of ether oxygens (including phenoxy) is 1. The van der Waals surface area contributed by atoms with E-state index in [0.29, 0.717) is 16.0 Å². The van der Waals surface area contributed by atoms with Gasteiger partial charge in [-0.1, -0.05) is 44.2 Å². The molecule has 1 atom stereocenters. The first-order valence-corrected chi connectivity index (χ1v) is 7.84. The van der Waals surface area contributed by atoms with Crippen molar-refractivity contribution in [3.8, 4) is 0 Å². The van der Waals surface area contributed by atoms with Crippen molar-refractivity contribution in [2.45, 2.75) is 39.8 Å². The van der Waals surface area contributed by atoms with Gasteiger partial charge in [-0.2, -0.15) is 0 Å². The lowest BCUT2D eigenvalue weighted by molar-refractivity contribution is -0.150. The molecule has 1 rings (SSSR count). The summed E-state index contributed by atoms with van der Waals surface area (Å²) in [7, 11) is 0. The first kappa shape index (κ1) is 19.9. The Kier molecular flexibility index (Phi) is 7.67. The highest BCUT2D eigenvalue weighted by Gasteiger charge is 2.34. The van der Waals surface area contributed by atoms with Crippen LogP contribution in [0, 0.1) is 5.92 Å². The Balaban J connectivity index is 2.86. The second-order valence-electron chi connectivity index (χ2n) is 5.71. The highest BCUT2D eigenvalue weighted by atomic mass is 35.5. The molecule has 2 N–H and O–H groups in total. The number of rotatable bonds is 5. The molecule has 8 heteroatoms. The Hall–Kier alpha value is -2.12. The lowest BCUT2D eigenvalue weighted by atomic mass is 10.0. The predicted molar refractivity (Wildman–Crippen MR) is 89.3 cm³/mol. The molecule has 3 amide bonds. The molecule has 0 radical (unpaired) electrons. The largest absolute Gasteiger partial charge is 0.443 e. The zero-order chi connectivity index (χ0) is 18.3. The molecule has 1 aromatic carbocycles. The fourth-order valence-electron chi connectivity index (χ4n) is 1.94. The van der Waals surface area contributed by atoms with Crippen molar-refractivity contribution < 1.29 is 19.1 Å². The first-order chi connectivity index (χ1) is 11.2. The summed E-state index contributed by atoms with van der Waals surface area (Å²) in [4.78, 5) is 36.1. The van der Waals surface area contributed by atoms with Crippen LogP contribution < -0.4 is 5.73 Å². The Morgan fingerprint density at radius 2 is 1.79 bits per heavy atom. The number of nitrogens with zero attached hydrogens (tertiary/aromatic N) is 2. The smallest absolute Gasteiger partial charge is 0.437 e. The van der Waals surface area contributed by atoms with Crippen molar-refractivity contribution >= 4 is 29.7 Å². The molecule has 0 bridgehead atoms. The summed E-state index contributed by atoms with van der Waals surface area (Å²) in [5, 5.41) is 0.430. The normalized spacial score (nSPS) is 11.8. The van der Waals surface area contributed by atoms with Crippen LogP contribution in [-0.2, 0) is 20.9 Å². The SMILES string of the molecule is CC(=O)N(Cl)N(C(=O)OCc1ccccc1)C(=O)[C@@H](N)CC(C)C. The molecule has 7 nitrogen and oxygen atoms in total. The minimum absolute atomic E-state index is 0.0640. The number of nitrogens with two attached hydrogens (primary N) is 1. The van der Waals surface area contributed by atoms with Crippen LogP contribution in [0.25, 0.3) is 0 Å². The van der Waals surface area contributed by atoms with Gasteiger partial charge < -0.3 is 10.5 Å². The number of benzene rings is 1. The molecule has 0 fully saturated rings. The molecule has 132 valence electrons. The van der Waals surface area contributed by atoms with E-state index in [1.165, 1.54) is 0 Å². The van der Waals surface area contributed by atoms with E-state index in [4.69, 9.17) is 22.2 Å². The quantitative estimate of drug-likeness (QED) is 0.646. The molecule has 0 saturated carbocycles. The van der Waals surface area contributed by atoms with E-state index in [1.807, 2.05) is 19.9 Å². The van der Waals surface area contributed by atoms with E-state index in [9.17, 15) is 14.4 Å². The minimum atomic E-state index is -1.06. The van der Waals surface area contributed by atoms with Crippen LogP contribution >= 0.6 is 11.8 Å². The van der Waals surface area contributed by atoms with Crippen molar-refractivity contribution in [3.05, 3.63) is 35.9 Å². The van der Waals surface area contributed by atoms with Gasteiger partial charge in [0, 0.05) is 18.7 Å². The monoisotopic (exact) mass is 355 g/mol. The van der Waals surface area contributed by atoms with Gasteiger partial charge in [0.2, 0.25) is 0 Å². The number of hydrogen-bond acceptors (Lipinski definition) is 5. The molecule has 0 aliphatic heterocycles. The van der Waals surface area contributed by atoms with Crippen molar-refractivity contribution in [2.24, 2.45) is 11.7 Å². The summed E-state index contributed by atoms with van der Waals surface area (Å²) >= 11 is 5.77. The number of imide groups is 1. The van der Waals surface area contributed by atoms with Crippen LogP contribution in [0.5, 0.6) is 0 Å². The van der Waals surface area contributed by atoms with Gasteiger partial charge in [-0.15, -0.1) is 9.54 Å². The molecular weight excluding hydrogens is 334 g/mol. The molecule has 24 heavy (non-hydrogen) atoms. The van der Waals surface area contributed by atoms with Gasteiger partial charge in [-0.25, -0.2) is 4.79 Å². The zero-order valence-electron chi connectivity index (χ0n) is 13.9. The van der Waals surface area contributed by atoms with Gasteiger partial charge in [0.05, 0.1) is 6.04 Å². The minimum Gasteiger partial charge on any atom is -0.443 e. The number of carbonyl (C=O) groups excluding carboxylic acids is 3. The summed E-state index contributed by atoms with van der Waals surface area (Å²) in [6.45, 7) is 4.82. The third-order valence-electron chi connectivity index (χ3n) is 3.06. The van der Waals surface area contributed by atoms with Crippen molar-refractivity contribution in [1.29, 1.82) is 0 Å². The maximum Gasteiger partial charge on any atom is 0.437 e. The van der Waals surface area contributed by atoms with Gasteiger partial charge >= 0.3 is 6.09 Å². The Morgan fingerprint density at radius 3 is 2.29 bits per heavy atom. The van der Waals surface area contributed by atoms with E-state index >= 15 is 0 Å².